The Morgan fingerprint density at radius 3 is 1.19 bits per heavy atom. The van der Waals surface area contributed by atoms with Gasteiger partial charge in [0.05, 0.1) is 0 Å². The van der Waals surface area contributed by atoms with Gasteiger partial charge in [0.25, 0.3) is 0 Å². The average molecular weight is 430 g/mol. The van der Waals surface area contributed by atoms with Gasteiger partial charge in [-0.25, -0.2) is 0 Å². The molecule has 27 heavy (non-hydrogen) atoms. The topological polar surface area (TPSA) is 59.1 Å². The Morgan fingerprint density at radius 2 is 0.963 bits per heavy atom. The van der Waals surface area contributed by atoms with Crippen LogP contribution in [-0.2, 0) is 13.8 Å². The van der Waals surface area contributed by atoms with Gasteiger partial charge in [-0.2, -0.15) is 0 Å². The summed E-state index contributed by atoms with van der Waals surface area (Å²) in [7, 11) is 4.42. The molecule has 0 amide bonds. The molecular weight excluding hydrogens is 387 g/mol. The summed E-state index contributed by atoms with van der Waals surface area (Å²) in [4.78, 5) is 9.78. The summed E-state index contributed by atoms with van der Waals surface area (Å²) in [5, 5.41) is 20.2. The van der Waals surface area contributed by atoms with E-state index in [0.29, 0.717) is 0 Å². The maximum absolute atomic E-state index is 10.1. The van der Waals surface area contributed by atoms with Crippen molar-refractivity contribution in [1.82, 2.24) is 19.6 Å². The monoisotopic (exact) mass is 429 g/mol. The van der Waals surface area contributed by atoms with Crippen LogP contribution in [0.5, 0.6) is 0 Å². The quantitative estimate of drug-likeness (QED) is 0.619. The fourth-order valence-corrected chi connectivity index (χ4v) is 3.97. The number of nitrogens with zero attached hydrogens (tertiary/aromatic N) is 4. The average Bonchev–Trinajstić information content (AvgIpc) is 3.00. The molecule has 0 spiro atoms. The van der Waals surface area contributed by atoms with Crippen LogP contribution in [0.2, 0.25) is 0 Å². The molecule has 163 valence electrons. The summed E-state index contributed by atoms with van der Waals surface area (Å²) >= 11 is 1.41. The Labute approximate surface area is 173 Å². The normalized spacial score (nSPS) is 20.3. The van der Waals surface area contributed by atoms with E-state index in [2.05, 4.69) is 47.5 Å². The van der Waals surface area contributed by atoms with Gasteiger partial charge in [-0.3, -0.25) is 0 Å². The van der Waals surface area contributed by atoms with Crippen LogP contribution in [0.25, 0.3) is 0 Å². The number of hydrogen-bond acceptors (Lipinski definition) is 6. The zero-order valence-corrected chi connectivity index (χ0v) is 20.2. The first-order valence-electron chi connectivity index (χ1n) is 9.84. The van der Waals surface area contributed by atoms with Gasteiger partial charge in [0, 0.05) is 0 Å². The van der Waals surface area contributed by atoms with Crippen molar-refractivity contribution in [2.75, 3.05) is 53.4 Å². The summed E-state index contributed by atoms with van der Waals surface area (Å²) in [6.07, 6.45) is 0. The zero-order chi connectivity index (χ0) is 21.4. The summed E-state index contributed by atoms with van der Waals surface area (Å²) in [5.41, 5.74) is -1.50. The first-order chi connectivity index (χ1) is 12.2. The third kappa shape index (κ3) is 13.0. The predicted octanol–water partition coefficient (Wildman–Crippen LogP) is 0.0687. The van der Waals surface area contributed by atoms with Crippen molar-refractivity contribution >= 4 is 9.40 Å². The summed E-state index contributed by atoms with van der Waals surface area (Å²) in [6.45, 7) is 21.2. The number of hydrogen-bond donors (Lipinski definition) is 0. The van der Waals surface area contributed by atoms with Crippen molar-refractivity contribution in [3.8, 4) is 0 Å². The van der Waals surface area contributed by atoms with Crippen LogP contribution in [0.15, 0.2) is 0 Å². The molecule has 0 aromatic rings. The van der Waals surface area contributed by atoms with Crippen molar-refractivity contribution in [2.45, 2.75) is 66.6 Å². The van der Waals surface area contributed by atoms with Crippen LogP contribution in [0.3, 0.4) is 0 Å². The Morgan fingerprint density at radius 1 is 0.704 bits per heavy atom. The number of rotatable bonds is 2. The van der Waals surface area contributed by atoms with Crippen molar-refractivity contribution < 1.29 is 24.0 Å². The van der Waals surface area contributed by atoms with Crippen LogP contribution < -0.4 is 10.2 Å². The molecule has 2 rings (SSSR count). The van der Waals surface area contributed by atoms with E-state index in [1.165, 1.54) is 49.4 Å². The first-order valence-corrected chi connectivity index (χ1v) is 10.9. The number of likely N-dealkylation sites (N-methyl/N-ethyl adjacent to an activating group) is 4. The van der Waals surface area contributed by atoms with Crippen LogP contribution in [0, 0.1) is 0 Å². The maximum atomic E-state index is 10.1. The molecule has 6 nitrogen and oxygen atoms in total. The van der Waals surface area contributed by atoms with Crippen molar-refractivity contribution in [1.29, 1.82) is 0 Å². The van der Waals surface area contributed by atoms with Crippen molar-refractivity contribution in [3.63, 3.8) is 0 Å². The van der Waals surface area contributed by atoms with E-state index in [4.69, 9.17) is 0 Å². The van der Waals surface area contributed by atoms with E-state index in [0.717, 1.165) is 13.1 Å². The fraction of sp³-hybridized carbons (Fsp3) is 0.900. The van der Waals surface area contributed by atoms with Gasteiger partial charge in [-0.15, -0.1) is 11.2 Å². The molecule has 2 aliphatic heterocycles. The van der Waals surface area contributed by atoms with Gasteiger partial charge in [0.1, 0.15) is 0 Å². The molecule has 0 N–H and O–H groups in total. The second-order valence-corrected chi connectivity index (χ2v) is 10.0. The molecule has 0 aromatic heterocycles. The molecule has 2 aliphatic rings. The van der Waals surface area contributed by atoms with Gasteiger partial charge >= 0.3 is 110 Å². The first kappa shape index (κ1) is 27.0. The van der Waals surface area contributed by atoms with Crippen molar-refractivity contribution in [3.05, 3.63) is 0 Å². The predicted molar refractivity (Wildman–Crippen MR) is 109 cm³/mol. The van der Waals surface area contributed by atoms with Crippen LogP contribution >= 0.6 is 0 Å². The zero-order valence-electron chi connectivity index (χ0n) is 19.2. The Kier molecular flexibility index (Phi) is 11.9. The van der Waals surface area contributed by atoms with E-state index < -0.39 is 11.2 Å². The van der Waals surface area contributed by atoms with E-state index in [1.54, 1.807) is 41.5 Å². The summed E-state index contributed by atoms with van der Waals surface area (Å²) in [6, 6.07) is 0. The molecule has 0 unspecified atom stereocenters. The van der Waals surface area contributed by atoms with Crippen LogP contribution in [0.4, 0.5) is 0 Å². The van der Waals surface area contributed by atoms with Gasteiger partial charge in [0.2, 0.25) is 0 Å². The van der Waals surface area contributed by atoms with E-state index in [1.807, 2.05) is 0 Å². The minimum atomic E-state index is -0.750. The standard InChI is InChI=1S/2C6H12N2.2C4H9O.Co/c2*1-3-8-5-4-7(2)6-8;2*1-4(2,3)5;/h2*3-5H2,1-2H3;2*1-3H3;/q;;2*-1;+2. The van der Waals surface area contributed by atoms with Gasteiger partial charge in [-0.05, 0) is 0 Å². The van der Waals surface area contributed by atoms with Gasteiger partial charge in [0.15, 0.2) is 0 Å². The second-order valence-electron chi connectivity index (χ2n) is 8.81. The Bertz CT molecular complexity index is 451. The molecule has 7 heteroatoms. The Balaban J connectivity index is 0.000000563. The summed E-state index contributed by atoms with van der Waals surface area (Å²) in [5.74, 6) is 0. The molecule has 0 bridgehead atoms. The second kappa shape index (κ2) is 11.9. The molecule has 0 aliphatic carbocycles. The molecule has 2 fully saturated rings. The third-order valence-electron chi connectivity index (χ3n) is 3.41. The van der Waals surface area contributed by atoms with Crippen LogP contribution in [0.1, 0.15) is 55.4 Å². The van der Waals surface area contributed by atoms with E-state index >= 15 is 0 Å². The van der Waals surface area contributed by atoms with Gasteiger partial charge in [-0.1, -0.05) is 41.5 Å². The third-order valence-corrected chi connectivity index (χ3v) is 5.33. The molecule has 0 radical (unpaired) electrons. The molecule has 0 atom stereocenters. The Hall–Kier alpha value is 0.00649. The molecule has 0 aromatic carbocycles. The minimum absolute atomic E-state index is 0.750. The van der Waals surface area contributed by atoms with Gasteiger partial charge < -0.3 is 10.2 Å². The molecule has 2 heterocycles. The molecular formula is C20H42CoN4O2. The van der Waals surface area contributed by atoms with E-state index in [9.17, 15) is 10.2 Å². The van der Waals surface area contributed by atoms with E-state index in [-0.39, 0.29) is 0 Å². The molecule has 2 saturated heterocycles. The SMILES string of the molecule is CC(C)(C)[O-].CC(C)(C)[O-].CCN1CCN(C)[C]1=[Co+2]=[C]1N(C)CCN1CC. The molecule has 0 saturated carbocycles. The van der Waals surface area contributed by atoms with Crippen molar-refractivity contribution in [2.24, 2.45) is 0 Å². The summed E-state index contributed by atoms with van der Waals surface area (Å²) < 4.78 is 2.93. The fourth-order valence-electron chi connectivity index (χ4n) is 2.24. The van der Waals surface area contributed by atoms with Crippen LogP contribution in [-0.4, -0.2) is 93.6 Å².